The Bertz CT molecular complexity index is 532. The van der Waals surface area contributed by atoms with Crippen molar-refractivity contribution in [1.29, 1.82) is 0 Å². The summed E-state index contributed by atoms with van der Waals surface area (Å²) in [5.41, 5.74) is 5.21. The molecule has 3 rings (SSSR count). The first-order chi connectivity index (χ1) is 9.20. The summed E-state index contributed by atoms with van der Waals surface area (Å²) in [5, 5.41) is 2.13. The lowest BCUT2D eigenvalue weighted by Gasteiger charge is -2.14. The molecule has 4 nitrogen and oxygen atoms in total. The molecule has 0 radical (unpaired) electrons. The minimum Gasteiger partial charge on any atom is -0.297 e. The van der Waals surface area contributed by atoms with Gasteiger partial charge in [-0.1, -0.05) is 0 Å². The highest BCUT2D eigenvalue weighted by molar-refractivity contribution is 7.07. The Balaban J connectivity index is 1.68. The van der Waals surface area contributed by atoms with Gasteiger partial charge in [0.05, 0.1) is 11.2 Å². The van der Waals surface area contributed by atoms with Gasteiger partial charge in [0.1, 0.15) is 5.82 Å². The van der Waals surface area contributed by atoms with Crippen LogP contribution in [-0.2, 0) is 6.54 Å². The molecule has 0 amide bonds. The van der Waals surface area contributed by atoms with E-state index in [0.29, 0.717) is 5.92 Å². The average molecular weight is 274 g/mol. The summed E-state index contributed by atoms with van der Waals surface area (Å²) >= 11 is 1.66. The highest BCUT2D eigenvalue weighted by Crippen LogP contribution is 2.26. The topological polar surface area (TPSA) is 41.9 Å². The zero-order valence-corrected chi connectivity index (χ0v) is 12.2. The molecular weight excluding hydrogens is 256 g/mol. The molecule has 2 aromatic heterocycles. The lowest BCUT2D eigenvalue weighted by Crippen LogP contribution is -2.20. The van der Waals surface area contributed by atoms with Gasteiger partial charge in [-0.25, -0.2) is 15.0 Å². The van der Waals surface area contributed by atoms with E-state index >= 15 is 0 Å². The first-order valence-corrected chi connectivity index (χ1v) is 7.56. The first-order valence-electron chi connectivity index (χ1n) is 6.62. The van der Waals surface area contributed by atoms with Crippen molar-refractivity contribution in [1.82, 2.24) is 19.9 Å². The summed E-state index contributed by atoms with van der Waals surface area (Å²) in [5.74, 6) is 1.48. The van der Waals surface area contributed by atoms with Crippen LogP contribution in [0.25, 0.3) is 0 Å². The van der Waals surface area contributed by atoms with E-state index in [1.165, 1.54) is 5.69 Å². The molecular formula is C14H18N4S. The summed E-state index contributed by atoms with van der Waals surface area (Å²) in [7, 11) is 0. The van der Waals surface area contributed by atoms with Crippen LogP contribution in [0.2, 0.25) is 0 Å². The van der Waals surface area contributed by atoms with Crippen molar-refractivity contribution in [3.8, 4) is 0 Å². The zero-order chi connectivity index (χ0) is 13.2. The quantitative estimate of drug-likeness (QED) is 0.862. The van der Waals surface area contributed by atoms with E-state index in [4.69, 9.17) is 0 Å². The van der Waals surface area contributed by atoms with Gasteiger partial charge in [-0.2, -0.15) is 0 Å². The van der Waals surface area contributed by atoms with Crippen LogP contribution in [0.5, 0.6) is 0 Å². The second-order valence-corrected chi connectivity index (χ2v) is 5.93. The van der Waals surface area contributed by atoms with E-state index in [0.717, 1.165) is 43.3 Å². The molecule has 2 aromatic rings. The maximum Gasteiger partial charge on any atom is 0.133 e. The van der Waals surface area contributed by atoms with Crippen LogP contribution in [0.15, 0.2) is 17.0 Å². The van der Waals surface area contributed by atoms with Crippen molar-refractivity contribution >= 4 is 11.3 Å². The Kier molecular flexibility index (Phi) is 3.57. The number of rotatable bonds is 3. The molecule has 3 heterocycles. The van der Waals surface area contributed by atoms with Crippen LogP contribution < -0.4 is 0 Å². The first kappa shape index (κ1) is 12.7. The van der Waals surface area contributed by atoms with Gasteiger partial charge in [-0.15, -0.1) is 11.3 Å². The van der Waals surface area contributed by atoms with Crippen molar-refractivity contribution in [2.75, 3.05) is 13.1 Å². The molecule has 1 aliphatic heterocycles. The van der Waals surface area contributed by atoms with Crippen molar-refractivity contribution < 1.29 is 0 Å². The van der Waals surface area contributed by atoms with E-state index in [1.807, 2.05) is 25.4 Å². The van der Waals surface area contributed by atoms with E-state index in [1.54, 1.807) is 11.3 Å². The van der Waals surface area contributed by atoms with E-state index < -0.39 is 0 Å². The van der Waals surface area contributed by atoms with Gasteiger partial charge >= 0.3 is 0 Å². The summed E-state index contributed by atoms with van der Waals surface area (Å²) < 4.78 is 0. The number of likely N-dealkylation sites (tertiary alicyclic amines) is 1. The van der Waals surface area contributed by atoms with Gasteiger partial charge in [-0.05, 0) is 32.9 Å². The third-order valence-corrected chi connectivity index (χ3v) is 4.14. The van der Waals surface area contributed by atoms with E-state index in [2.05, 4.69) is 25.2 Å². The van der Waals surface area contributed by atoms with Crippen molar-refractivity contribution in [3.63, 3.8) is 0 Å². The molecule has 0 unspecified atom stereocenters. The average Bonchev–Trinajstić information content (AvgIpc) is 2.99. The molecule has 0 spiro atoms. The number of hydrogen-bond donors (Lipinski definition) is 0. The Labute approximate surface area is 117 Å². The third kappa shape index (κ3) is 2.98. The van der Waals surface area contributed by atoms with E-state index in [9.17, 15) is 0 Å². The van der Waals surface area contributed by atoms with Gasteiger partial charge in [0.2, 0.25) is 0 Å². The molecule has 0 saturated carbocycles. The molecule has 1 atom stereocenters. The van der Waals surface area contributed by atoms with Crippen LogP contribution in [0, 0.1) is 13.8 Å². The molecule has 1 aliphatic rings. The number of hydrogen-bond acceptors (Lipinski definition) is 5. The molecule has 0 bridgehead atoms. The van der Waals surface area contributed by atoms with Crippen LogP contribution in [0.4, 0.5) is 0 Å². The summed E-state index contributed by atoms with van der Waals surface area (Å²) in [6, 6.07) is 2.03. The predicted molar refractivity (Wildman–Crippen MR) is 76.3 cm³/mol. The monoisotopic (exact) mass is 274 g/mol. The summed E-state index contributed by atoms with van der Waals surface area (Å²) in [6.07, 6.45) is 1.15. The van der Waals surface area contributed by atoms with Crippen LogP contribution in [0.1, 0.15) is 35.2 Å². The molecule has 100 valence electrons. The fourth-order valence-corrected chi connectivity index (χ4v) is 3.22. The number of nitrogens with zero attached hydrogens (tertiary/aromatic N) is 4. The second-order valence-electron chi connectivity index (χ2n) is 5.21. The number of thiazole rings is 1. The van der Waals surface area contributed by atoms with Gasteiger partial charge in [0.25, 0.3) is 0 Å². The van der Waals surface area contributed by atoms with Crippen LogP contribution >= 0.6 is 11.3 Å². The van der Waals surface area contributed by atoms with Gasteiger partial charge in [-0.3, -0.25) is 4.90 Å². The Morgan fingerprint density at radius 1 is 1.32 bits per heavy atom. The molecule has 0 aromatic carbocycles. The van der Waals surface area contributed by atoms with Crippen molar-refractivity contribution in [3.05, 3.63) is 39.9 Å². The predicted octanol–water partition coefficient (Wildman–Crippen LogP) is 2.54. The van der Waals surface area contributed by atoms with Crippen LogP contribution in [-0.4, -0.2) is 32.9 Å². The number of aromatic nitrogens is 3. The maximum absolute atomic E-state index is 4.60. The Morgan fingerprint density at radius 2 is 2.11 bits per heavy atom. The molecule has 1 fully saturated rings. The summed E-state index contributed by atoms with van der Waals surface area (Å²) in [6.45, 7) is 7.18. The fraction of sp³-hybridized carbons (Fsp3) is 0.500. The minimum atomic E-state index is 0.470. The fourth-order valence-electron chi connectivity index (χ4n) is 2.67. The van der Waals surface area contributed by atoms with Crippen molar-refractivity contribution in [2.24, 2.45) is 0 Å². The minimum absolute atomic E-state index is 0.470. The Hall–Kier alpha value is -1.33. The van der Waals surface area contributed by atoms with E-state index in [-0.39, 0.29) is 0 Å². The lowest BCUT2D eigenvalue weighted by molar-refractivity contribution is 0.322. The Morgan fingerprint density at radius 3 is 2.79 bits per heavy atom. The normalized spacial score (nSPS) is 20.0. The highest BCUT2D eigenvalue weighted by atomic mass is 32.1. The lowest BCUT2D eigenvalue weighted by atomic mass is 10.1. The second kappa shape index (κ2) is 5.35. The zero-order valence-electron chi connectivity index (χ0n) is 11.3. The highest BCUT2D eigenvalue weighted by Gasteiger charge is 2.26. The maximum atomic E-state index is 4.60. The summed E-state index contributed by atoms with van der Waals surface area (Å²) in [4.78, 5) is 16.0. The molecule has 0 aliphatic carbocycles. The number of aryl methyl sites for hydroxylation is 2. The third-order valence-electron chi connectivity index (χ3n) is 3.51. The van der Waals surface area contributed by atoms with Gasteiger partial charge < -0.3 is 0 Å². The van der Waals surface area contributed by atoms with Crippen molar-refractivity contribution in [2.45, 2.75) is 32.7 Å². The van der Waals surface area contributed by atoms with Crippen LogP contribution in [0.3, 0.4) is 0 Å². The molecule has 5 heteroatoms. The standard InChI is InChI=1S/C14H18N4S/c1-10-5-11(2)17-14(16-10)12-3-4-18(6-12)7-13-8-19-9-15-13/h5,8-9,12H,3-4,6-7H2,1-2H3/t12-/m0/s1. The van der Waals surface area contributed by atoms with Gasteiger partial charge in [0.15, 0.2) is 0 Å². The molecule has 1 saturated heterocycles. The molecule has 0 N–H and O–H groups in total. The SMILES string of the molecule is Cc1cc(C)nc([C@H]2CCN(Cc3cscn3)C2)n1. The van der Waals surface area contributed by atoms with Gasteiger partial charge in [0, 0.05) is 35.8 Å². The smallest absolute Gasteiger partial charge is 0.133 e. The largest absolute Gasteiger partial charge is 0.297 e. The molecule has 19 heavy (non-hydrogen) atoms.